The number of nitrogens with one attached hydrogen (secondary N) is 1. The Labute approximate surface area is 112 Å². The predicted molar refractivity (Wildman–Crippen MR) is 73.2 cm³/mol. The van der Waals surface area contributed by atoms with Gasteiger partial charge in [0, 0.05) is 16.1 Å². The average Bonchev–Trinajstić information content (AvgIpc) is 3.13. The summed E-state index contributed by atoms with van der Waals surface area (Å²) in [7, 11) is 0. The van der Waals surface area contributed by atoms with E-state index in [9.17, 15) is 0 Å². The molecule has 1 aliphatic rings. The van der Waals surface area contributed by atoms with E-state index in [4.69, 9.17) is 29.0 Å². The zero-order valence-electron chi connectivity index (χ0n) is 9.92. The Balaban J connectivity index is 2.08. The highest BCUT2D eigenvalue weighted by Gasteiger charge is 2.33. The van der Waals surface area contributed by atoms with Gasteiger partial charge in [-0.2, -0.15) is 0 Å². The van der Waals surface area contributed by atoms with Gasteiger partial charge in [0.25, 0.3) is 0 Å². The van der Waals surface area contributed by atoms with Crippen molar-refractivity contribution >= 4 is 23.2 Å². The van der Waals surface area contributed by atoms with E-state index >= 15 is 0 Å². The first-order chi connectivity index (χ1) is 8.11. The summed E-state index contributed by atoms with van der Waals surface area (Å²) in [6.07, 6.45) is 3.47. The van der Waals surface area contributed by atoms with Gasteiger partial charge in [0.05, 0.1) is 0 Å². The van der Waals surface area contributed by atoms with Gasteiger partial charge < -0.3 is 0 Å². The summed E-state index contributed by atoms with van der Waals surface area (Å²) in [6, 6.07) is 5.84. The van der Waals surface area contributed by atoms with Crippen LogP contribution in [-0.4, -0.2) is 6.04 Å². The van der Waals surface area contributed by atoms with E-state index in [2.05, 4.69) is 12.3 Å². The van der Waals surface area contributed by atoms with Gasteiger partial charge in [0.2, 0.25) is 0 Å². The third-order valence-electron chi connectivity index (χ3n) is 3.66. The zero-order valence-corrected chi connectivity index (χ0v) is 11.4. The second-order valence-corrected chi connectivity index (χ2v) is 5.75. The molecule has 1 aromatic carbocycles. The highest BCUT2D eigenvalue weighted by atomic mass is 35.5. The molecule has 0 aromatic heterocycles. The highest BCUT2D eigenvalue weighted by molar-refractivity contribution is 6.33. The molecule has 3 N–H and O–H groups in total. The van der Waals surface area contributed by atoms with Crippen LogP contribution < -0.4 is 11.3 Å². The number of rotatable bonds is 5. The van der Waals surface area contributed by atoms with Crippen LogP contribution in [0.5, 0.6) is 0 Å². The molecule has 1 aromatic rings. The van der Waals surface area contributed by atoms with Crippen LogP contribution in [0, 0.1) is 11.8 Å². The van der Waals surface area contributed by atoms with Gasteiger partial charge in [0.15, 0.2) is 0 Å². The molecule has 2 nitrogen and oxygen atoms in total. The van der Waals surface area contributed by atoms with Crippen molar-refractivity contribution in [3.63, 3.8) is 0 Å². The van der Waals surface area contributed by atoms with E-state index in [1.54, 1.807) is 0 Å². The van der Waals surface area contributed by atoms with Gasteiger partial charge in [-0.15, -0.1) is 0 Å². The number of hydrazine groups is 1. The summed E-state index contributed by atoms with van der Waals surface area (Å²) in [5.41, 5.74) is 3.98. The Kier molecular flexibility index (Phi) is 4.31. The maximum atomic E-state index is 6.17. The van der Waals surface area contributed by atoms with Gasteiger partial charge in [-0.3, -0.25) is 11.3 Å². The summed E-state index contributed by atoms with van der Waals surface area (Å²) in [6.45, 7) is 2.25. The largest absolute Gasteiger partial charge is 0.271 e. The summed E-state index contributed by atoms with van der Waals surface area (Å²) in [5, 5.41) is 1.48. The fraction of sp³-hybridized carbons (Fsp3) is 0.538. The Hall–Kier alpha value is -0.280. The second kappa shape index (κ2) is 5.57. The fourth-order valence-electron chi connectivity index (χ4n) is 2.28. The minimum atomic E-state index is 0.262. The van der Waals surface area contributed by atoms with Crippen molar-refractivity contribution < 1.29 is 0 Å². The lowest BCUT2D eigenvalue weighted by atomic mass is 9.92. The van der Waals surface area contributed by atoms with Crippen molar-refractivity contribution in [1.82, 2.24) is 5.43 Å². The number of hydrogen-bond acceptors (Lipinski definition) is 2. The van der Waals surface area contributed by atoms with Crippen LogP contribution in [-0.2, 0) is 6.42 Å². The maximum absolute atomic E-state index is 6.17. The predicted octanol–water partition coefficient (Wildman–Crippen LogP) is 3.41. The van der Waals surface area contributed by atoms with Gasteiger partial charge in [0.1, 0.15) is 0 Å². The molecule has 0 heterocycles. The quantitative estimate of drug-likeness (QED) is 0.637. The molecular weight excluding hydrogens is 255 g/mol. The van der Waals surface area contributed by atoms with Crippen molar-refractivity contribution in [3.8, 4) is 0 Å². The van der Waals surface area contributed by atoms with Crippen molar-refractivity contribution in [2.45, 2.75) is 32.2 Å². The van der Waals surface area contributed by atoms with Crippen molar-refractivity contribution in [3.05, 3.63) is 33.8 Å². The summed E-state index contributed by atoms with van der Waals surface area (Å²) < 4.78 is 0. The molecule has 2 unspecified atom stereocenters. The summed E-state index contributed by atoms with van der Waals surface area (Å²) >= 11 is 12.2. The smallest absolute Gasteiger partial charge is 0.0439 e. The van der Waals surface area contributed by atoms with Crippen LogP contribution in [0.1, 0.15) is 25.3 Å². The third-order valence-corrected chi connectivity index (χ3v) is 4.27. The van der Waals surface area contributed by atoms with Gasteiger partial charge in [-0.05, 0) is 54.9 Å². The van der Waals surface area contributed by atoms with Crippen LogP contribution in [0.2, 0.25) is 10.0 Å². The van der Waals surface area contributed by atoms with E-state index in [-0.39, 0.29) is 6.04 Å². The second-order valence-electron chi connectivity index (χ2n) is 4.91. The molecule has 17 heavy (non-hydrogen) atoms. The normalized spacial score (nSPS) is 19.1. The van der Waals surface area contributed by atoms with Crippen LogP contribution in [0.3, 0.4) is 0 Å². The van der Waals surface area contributed by atoms with E-state index in [0.29, 0.717) is 5.92 Å². The highest BCUT2D eigenvalue weighted by Crippen LogP contribution is 2.39. The molecular formula is C13H18Cl2N2. The summed E-state index contributed by atoms with van der Waals surface area (Å²) in [5.74, 6) is 7.04. The molecule has 0 radical (unpaired) electrons. The first-order valence-electron chi connectivity index (χ1n) is 6.02. The minimum Gasteiger partial charge on any atom is -0.271 e. The molecule has 0 amide bonds. The topological polar surface area (TPSA) is 38.0 Å². The van der Waals surface area contributed by atoms with Crippen LogP contribution >= 0.6 is 23.2 Å². The van der Waals surface area contributed by atoms with Crippen molar-refractivity contribution in [2.24, 2.45) is 17.7 Å². The standard InChI is InChI=1S/C13H18Cl2N2/c1-8(9-2-3-9)13(17-16)7-10-6-11(14)4-5-12(10)15/h4-6,8-9,13,17H,2-3,7,16H2,1H3. The Morgan fingerprint density at radius 2 is 2.12 bits per heavy atom. The minimum absolute atomic E-state index is 0.262. The molecule has 0 spiro atoms. The third kappa shape index (κ3) is 3.35. The Bertz CT molecular complexity index is 391. The number of nitrogens with two attached hydrogens (primary N) is 1. The zero-order chi connectivity index (χ0) is 12.4. The molecule has 0 bridgehead atoms. The number of halogens is 2. The first-order valence-corrected chi connectivity index (χ1v) is 6.77. The van der Waals surface area contributed by atoms with Crippen molar-refractivity contribution in [1.29, 1.82) is 0 Å². The van der Waals surface area contributed by atoms with Gasteiger partial charge in [-0.25, -0.2) is 0 Å². The Morgan fingerprint density at radius 1 is 1.41 bits per heavy atom. The molecule has 0 aliphatic heterocycles. The lowest BCUT2D eigenvalue weighted by molar-refractivity contribution is 0.343. The van der Waals surface area contributed by atoms with Crippen LogP contribution in [0.25, 0.3) is 0 Å². The molecule has 1 aliphatic carbocycles. The average molecular weight is 273 g/mol. The van der Waals surface area contributed by atoms with Crippen molar-refractivity contribution in [2.75, 3.05) is 0 Å². The molecule has 1 fully saturated rings. The molecule has 2 rings (SSSR count). The maximum Gasteiger partial charge on any atom is 0.0439 e. The van der Waals surface area contributed by atoms with E-state index in [0.717, 1.165) is 27.9 Å². The fourth-order valence-corrected chi connectivity index (χ4v) is 2.67. The monoisotopic (exact) mass is 272 g/mol. The number of hydrogen-bond donors (Lipinski definition) is 2. The number of benzene rings is 1. The first kappa shape index (κ1) is 13.2. The SMILES string of the molecule is CC(C1CC1)C(Cc1cc(Cl)ccc1Cl)NN. The van der Waals surface area contributed by atoms with Crippen LogP contribution in [0.15, 0.2) is 18.2 Å². The van der Waals surface area contributed by atoms with E-state index in [1.165, 1.54) is 12.8 Å². The summed E-state index contributed by atoms with van der Waals surface area (Å²) in [4.78, 5) is 0. The van der Waals surface area contributed by atoms with Gasteiger partial charge >= 0.3 is 0 Å². The lowest BCUT2D eigenvalue weighted by Crippen LogP contribution is -2.42. The molecule has 4 heteroatoms. The van der Waals surface area contributed by atoms with E-state index in [1.807, 2.05) is 18.2 Å². The lowest BCUT2D eigenvalue weighted by Gasteiger charge is -2.23. The molecule has 94 valence electrons. The van der Waals surface area contributed by atoms with Crippen LogP contribution in [0.4, 0.5) is 0 Å². The molecule has 1 saturated carbocycles. The molecule has 0 saturated heterocycles. The van der Waals surface area contributed by atoms with Gasteiger partial charge in [-0.1, -0.05) is 30.1 Å². The Morgan fingerprint density at radius 3 is 2.71 bits per heavy atom. The molecule has 2 atom stereocenters. The van der Waals surface area contributed by atoms with E-state index < -0.39 is 0 Å².